The molecule has 1 unspecified atom stereocenters. The summed E-state index contributed by atoms with van der Waals surface area (Å²) in [6.07, 6.45) is 0.850. The minimum atomic E-state index is -0.368. The highest BCUT2D eigenvalue weighted by atomic mass is 16.3. The zero-order valence-electron chi connectivity index (χ0n) is 8.23. The lowest BCUT2D eigenvalue weighted by atomic mass is 9.97. The highest BCUT2D eigenvalue weighted by Crippen LogP contribution is 2.19. The van der Waals surface area contributed by atoms with E-state index in [0.29, 0.717) is 12.5 Å². The van der Waals surface area contributed by atoms with Crippen LogP contribution >= 0.6 is 0 Å². The SMILES string of the molecule is CC(C)N1CCC(O)C[C@@H]1C(N)=O. The molecule has 0 aromatic rings. The Morgan fingerprint density at radius 1 is 1.62 bits per heavy atom. The standard InChI is InChI=1S/C9H18N2O2/c1-6(2)11-4-3-7(12)5-8(11)9(10)13/h6-8,12H,3-5H2,1-2H3,(H2,10,13)/t7?,8-/m1/s1. The van der Waals surface area contributed by atoms with E-state index in [1.54, 1.807) is 0 Å². The van der Waals surface area contributed by atoms with Crippen LogP contribution in [0, 0.1) is 0 Å². The van der Waals surface area contributed by atoms with Gasteiger partial charge < -0.3 is 10.8 Å². The maximum absolute atomic E-state index is 11.1. The third-order valence-corrected chi connectivity index (χ3v) is 2.61. The Balaban J connectivity index is 2.66. The molecule has 2 atom stereocenters. The predicted molar refractivity (Wildman–Crippen MR) is 50.1 cm³/mol. The number of nitrogens with zero attached hydrogens (tertiary/aromatic N) is 1. The van der Waals surface area contributed by atoms with Crippen LogP contribution in [0.25, 0.3) is 0 Å². The van der Waals surface area contributed by atoms with Crippen molar-refractivity contribution in [3.63, 3.8) is 0 Å². The van der Waals surface area contributed by atoms with E-state index in [4.69, 9.17) is 5.73 Å². The summed E-state index contributed by atoms with van der Waals surface area (Å²) in [4.78, 5) is 13.1. The van der Waals surface area contributed by atoms with Crippen molar-refractivity contribution in [2.45, 2.75) is 44.9 Å². The van der Waals surface area contributed by atoms with Gasteiger partial charge in [0.15, 0.2) is 0 Å². The monoisotopic (exact) mass is 186 g/mol. The number of carbonyl (C=O) groups excluding carboxylic acids is 1. The van der Waals surface area contributed by atoms with Gasteiger partial charge >= 0.3 is 0 Å². The first-order chi connectivity index (χ1) is 6.02. The van der Waals surface area contributed by atoms with Crippen LogP contribution in [0.1, 0.15) is 26.7 Å². The molecule has 0 aliphatic carbocycles. The lowest BCUT2D eigenvalue weighted by Gasteiger charge is -2.38. The number of amides is 1. The molecule has 76 valence electrons. The number of rotatable bonds is 2. The van der Waals surface area contributed by atoms with Crippen molar-refractivity contribution in [3.8, 4) is 0 Å². The van der Waals surface area contributed by atoms with E-state index in [2.05, 4.69) is 4.90 Å². The minimum Gasteiger partial charge on any atom is -0.393 e. The van der Waals surface area contributed by atoms with Crippen LogP contribution in [0.4, 0.5) is 0 Å². The molecule has 0 radical (unpaired) electrons. The van der Waals surface area contributed by atoms with Gasteiger partial charge in [0, 0.05) is 12.6 Å². The van der Waals surface area contributed by atoms with Crippen LogP contribution in [-0.4, -0.2) is 40.6 Å². The molecule has 0 spiro atoms. The molecule has 13 heavy (non-hydrogen) atoms. The number of hydrogen-bond donors (Lipinski definition) is 2. The van der Waals surface area contributed by atoms with Gasteiger partial charge in [-0.05, 0) is 26.7 Å². The Hall–Kier alpha value is -0.610. The van der Waals surface area contributed by atoms with Gasteiger partial charge in [-0.3, -0.25) is 9.69 Å². The lowest BCUT2D eigenvalue weighted by Crippen LogP contribution is -2.53. The van der Waals surface area contributed by atoms with E-state index in [-0.39, 0.29) is 18.1 Å². The number of aliphatic hydroxyl groups is 1. The molecule has 0 aromatic carbocycles. The van der Waals surface area contributed by atoms with Crippen molar-refractivity contribution >= 4 is 5.91 Å². The van der Waals surface area contributed by atoms with Crippen LogP contribution < -0.4 is 5.73 Å². The van der Waals surface area contributed by atoms with E-state index < -0.39 is 0 Å². The van der Waals surface area contributed by atoms with Gasteiger partial charge in [0.1, 0.15) is 0 Å². The molecular weight excluding hydrogens is 168 g/mol. The quantitative estimate of drug-likeness (QED) is 0.622. The van der Waals surface area contributed by atoms with Crippen LogP contribution in [0.5, 0.6) is 0 Å². The Morgan fingerprint density at radius 2 is 2.23 bits per heavy atom. The van der Waals surface area contributed by atoms with Crippen LogP contribution in [0.3, 0.4) is 0 Å². The van der Waals surface area contributed by atoms with Crippen molar-refractivity contribution in [3.05, 3.63) is 0 Å². The molecule has 1 aliphatic heterocycles. The highest BCUT2D eigenvalue weighted by molar-refractivity contribution is 5.80. The molecule has 1 amide bonds. The molecule has 4 nitrogen and oxygen atoms in total. The van der Waals surface area contributed by atoms with Gasteiger partial charge in [0.05, 0.1) is 12.1 Å². The summed E-state index contributed by atoms with van der Waals surface area (Å²) in [5.74, 6) is -0.326. The normalized spacial score (nSPS) is 30.8. The molecule has 0 bridgehead atoms. The first-order valence-electron chi connectivity index (χ1n) is 4.75. The topological polar surface area (TPSA) is 66.6 Å². The molecule has 0 aromatic heterocycles. The molecule has 1 aliphatic rings. The molecule has 1 fully saturated rings. The maximum Gasteiger partial charge on any atom is 0.234 e. The lowest BCUT2D eigenvalue weighted by molar-refractivity contribution is -0.127. The molecule has 1 heterocycles. The van der Waals surface area contributed by atoms with Gasteiger partial charge in [-0.15, -0.1) is 0 Å². The van der Waals surface area contributed by atoms with Gasteiger partial charge in [-0.2, -0.15) is 0 Å². The zero-order chi connectivity index (χ0) is 10.0. The van der Waals surface area contributed by atoms with Crippen LogP contribution in [-0.2, 0) is 4.79 Å². The summed E-state index contributed by atoms with van der Waals surface area (Å²) < 4.78 is 0. The second kappa shape index (κ2) is 4.07. The molecule has 1 saturated heterocycles. The molecule has 3 N–H and O–H groups in total. The van der Waals surface area contributed by atoms with Crippen molar-refractivity contribution in [1.29, 1.82) is 0 Å². The van der Waals surface area contributed by atoms with Crippen molar-refractivity contribution in [2.24, 2.45) is 5.73 Å². The first-order valence-corrected chi connectivity index (χ1v) is 4.75. The van der Waals surface area contributed by atoms with E-state index in [9.17, 15) is 9.90 Å². The Morgan fingerprint density at radius 3 is 2.69 bits per heavy atom. The number of piperidine rings is 1. The van der Waals surface area contributed by atoms with E-state index >= 15 is 0 Å². The summed E-state index contributed by atoms with van der Waals surface area (Å²) in [6, 6.07) is 0.0220. The Labute approximate surface area is 78.7 Å². The summed E-state index contributed by atoms with van der Waals surface area (Å²) in [6.45, 7) is 4.83. The largest absolute Gasteiger partial charge is 0.393 e. The second-order valence-electron chi connectivity index (χ2n) is 3.93. The summed E-state index contributed by atoms with van der Waals surface area (Å²) in [5.41, 5.74) is 5.27. The van der Waals surface area contributed by atoms with Gasteiger partial charge in [-0.1, -0.05) is 0 Å². The van der Waals surface area contributed by atoms with Gasteiger partial charge in [0.2, 0.25) is 5.91 Å². The fourth-order valence-electron chi connectivity index (χ4n) is 1.86. The summed E-state index contributed by atoms with van der Waals surface area (Å²) in [5, 5.41) is 9.39. The average Bonchev–Trinajstić information content (AvgIpc) is 2.03. The highest BCUT2D eigenvalue weighted by Gasteiger charge is 2.32. The Kier molecular flexibility index (Phi) is 3.27. The van der Waals surface area contributed by atoms with Gasteiger partial charge in [0.25, 0.3) is 0 Å². The average molecular weight is 186 g/mol. The number of likely N-dealkylation sites (tertiary alicyclic amines) is 1. The number of carbonyl (C=O) groups is 1. The van der Waals surface area contributed by atoms with Crippen molar-refractivity contribution in [1.82, 2.24) is 4.90 Å². The summed E-state index contributed by atoms with van der Waals surface area (Å²) >= 11 is 0. The van der Waals surface area contributed by atoms with E-state index in [1.807, 2.05) is 13.8 Å². The first kappa shape index (κ1) is 10.5. The number of aliphatic hydroxyl groups excluding tert-OH is 1. The Bertz CT molecular complexity index is 194. The third kappa shape index (κ3) is 2.42. The number of hydrogen-bond acceptors (Lipinski definition) is 3. The second-order valence-corrected chi connectivity index (χ2v) is 3.93. The maximum atomic E-state index is 11.1. The fourth-order valence-corrected chi connectivity index (χ4v) is 1.86. The zero-order valence-corrected chi connectivity index (χ0v) is 8.23. The van der Waals surface area contributed by atoms with Gasteiger partial charge in [-0.25, -0.2) is 0 Å². The number of primary amides is 1. The van der Waals surface area contributed by atoms with E-state index in [1.165, 1.54) is 0 Å². The van der Waals surface area contributed by atoms with Crippen molar-refractivity contribution in [2.75, 3.05) is 6.54 Å². The molecular formula is C9H18N2O2. The summed E-state index contributed by atoms with van der Waals surface area (Å²) in [7, 11) is 0. The van der Waals surface area contributed by atoms with Crippen LogP contribution in [0.2, 0.25) is 0 Å². The van der Waals surface area contributed by atoms with Crippen LogP contribution in [0.15, 0.2) is 0 Å². The molecule has 0 saturated carbocycles. The van der Waals surface area contributed by atoms with E-state index in [0.717, 1.165) is 13.0 Å². The third-order valence-electron chi connectivity index (χ3n) is 2.61. The fraction of sp³-hybridized carbons (Fsp3) is 0.889. The minimum absolute atomic E-state index is 0.288. The smallest absolute Gasteiger partial charge is 0.234 e. The molecule has 4 heteroatoms. The number of nitrogens with two attached hydrogens (primary N) is 1. The predicted octanol–water partition coefficient (Wildman–Crippen LogP) is -0.295. The van der Waals surface area contributed by atoms with Crippen molar-refractivity contribution < 1.29 is 9.90 Å². The molecule has 1 rings (SSSR count).